The maximum absolute atomic E-state index is 12.3. The molecule has 0 aromatic carbocycles. The molecule has 4 nitrogen and oxygen atoms in total. The van der Waals surface area contributed by atoms with Gasteiger partial charge in [-0.15, -0.1) is 0 Å². The molecule has 1 aromatic heterocycles. The lowest BCUT2D eigenvalue weighted by Crippen LogP contribution is -2.34. The summed E-state index contributed by atoms with van der Waals surface area (Å²) in [6.45, 7) is 9.03. The van der Waals surface area contributed by atoms with Gasteiger partial charge in [0.2, 0.25) is 0 Å². The van der Waals surface area contributed by atoms with E-state index >= 15 is 0 Å². The van der Waals surface area contributed by atoms with E-state index in [9.17, 15) is 4.79 Å². The summed E-state index contributed by atoms with van der Waals surface area (Å²) in [5.41, 5.74) is 0.576. The molecule has 1 amide bonds. The molecule has 5 heteroatoms. The molecule has 0 saturated carbocycles. The van der Waals surface area contributed by atoms with Crippen LogP contribution in [0.2, 0.25) is 0 Å². The van der Waals surface area contributed by atoms with E-state index in [0.717, 1.165) is 17.4 Å². The summed E-state index contributed by atoms with van der Waals surface area (Å²) in [6.07, 6.45) is 2.65. The predicted molar refractivity (Wildman–Crippen MR) is 82.5 cm³/mol. The maximum atomic E-state index is 12.3. The monoisotopic (exact) mass is 327 g/mol. The number of nitrogens with zero attached hydrogens (tertiary/aromatic N) is 1. The van der Waals surface area contributed by atoms with Crippen molar-refractivity contribution in [3.63, 3.8) is 0 Å². The number of pyridine rings is 1. The van der Waals surface area contributed by atoms with E-state index in [1.165, 1.54) is 0 Å². The number of aromatic nitrogens is 1. The Morgan fingerprint density at radius 2 is 2.11 bits per heavy atom. The summed E-state index contributed by atoms with van der Waals surface area (Å²) >= 11 is 3.35. The fraction of sp³-hybridized carbons (Fsp3) is 0.571. The van der Waals surface area contributed by atoms with Crippen molar-refractivity contribution in [2.75, 3.05) is 11.9 Å². The number of hydrogen-bond acceptors (Lipinski definition) is 3. The highest BCUT2D eigenvalue weighted by Gasteiger charge is 2.15. The normalized spacial score (nSPS) is 12.3. The minimum atomic E-state index is -0.0853. The zero-order valence-corrected chi connectivity index (χ0v) is 13.5. The van der Waals surface area contributed by atoms with Crippen LogP contribution >= 0.6 is 15.9 Å². The number of carbonyl (C=O) groups is 1. The summed E-state index contributed by atoms with van der Waals surface area (Å²) in [6, 6.07) is 1.95. The Morgan fingerprint density at radius 3 is 2.68 bits per heavy atom. The van der Waals surface area contributed by atoms with Crippen molar-refractivity contribution >= 4 is 27.7 Å². The Bertz CT molecular complexity index is 435. The average Bonchev–Trinajstić information content (AvgIpc) is 2.30. The van der Waals surface area contributed by atoms with Crippen molar-refractivity contribution in [2.45, 2.75) is 40.2 Å². The van der Waals surface area contributed by atoms with E-state index in [1.807, 2.05) is 13.8 Å². The zero-order valence-electron chi connectivity index (χ0n) is 12.0. The average molecular weight is 328 g/mol. The summed E-state index contributed by atoms with van der Waals surface area (Å²) in [7, 11) is 0. The van der Waals surface area contributed by atoms with Crippen LogP contribution in [0.4, 0.5) is 5.82 Å². The molecule has 0 aliphatic carbocycles. The lowest BCUT2D eigenvalue weighted by molar-refractivity contribution is 0.0936. The van der Waals surface area contributed by atoms with Crippen LogP contribution in [0.5, 0.6) is 0 Å². The molecule has 0 aliphatic rings. The van der Waals surface area contributed by atoms with E-state index < -0.39 is 0 Å². The minimum absolute atomic E-state index is 0.0853. The number of carbonyl (C=O) groups excluding carboxylic acids is 1. The van der Waals surface area contributed by atoms with Gasteiger partial charge in [0.15, 0.2) is 0 Å². The molecule has 0 aliphatic heterocycles. The fourth-order valence-corrected chi connectivity index (χ4v) is 2.32. The Labute approximate surface area is 123 Å². The van der Waals surface area contributed by atoms with Crippen LogP contribution in [0, 0.1) is 5.92 Å². The van der Waals surface area contributed by atoms with Crippen LogP contribution in [-0.4, -0.2) is 23.5 Å². The molecule has 1 aromatic rings. The van der Waals surface area contributed by atoms with Crippen molar-refractivity contribution < 1.29 is 4.79 Å². The van der Waals surface area contributed by atoms with Crippen molar-refractivity contribution in [3.05, 3.63) is 22.3 Å². The van der Waals surface area contributed by atoms with E-state index in [4.69, 9.17) is 0 Å². The molecular formula is C14H22BrN3O. The van der Waals surface area contributed by atoms with E-state index in [0.29, 0.717) is 17.3 Å². The first-order valence-corrected chi connectivity index (χ1v) is 7.43. The van der Waals surface area contributed by atoms with Crippen LogP contribution in [0.1, 0.15) is 44.5 Å². The van der Waals surface area contributed by atoms with Crippen molar-refractivity contribution in [1.82, 2.24) is 10.3 Å². The van der Waals surface area contributed by atoms with Gasteiger partial charge < -0.3 is 10.6 Å². The topological polar surface area (TPSA) is 54.0 Å². The third kappa shape index (κ3) is 5.19. The Balaban J connectivity index is 2.83. The smallest absolute Gasteiger partial charge is 0.255 e. The number of hydrogen-bond donors (Lipinski definition) is 2. The van der Waals surface area contributed by atoms with Gasteiger partial charge in [0.25, 0.3) is 5.91 Å². The van der Waals surface area contributed by atoms with Gasteiger partial charge in [0.1, 0.15) is 5.82 Å². The summed E-state index contributed by atoms with van der Waals surface area (Å²) in [5.74, 6) is 1.10. The molecular weight excluding hydrogens is 306 g/mol. The van der Waals surface area contributed by atoms with Crippen molar-refractivity contribution in [3.8, 4) is 0 Å². The molecule has 0 fully saturated rings. The number of anilines is 1. The molecule has 1 unspecified atom stereocenters. The van der Waals surface area contributed by atoms with Crippen LogP contribution in [-0.2, 0) is 0 Å². The molecule has 2 N–H and O–H groups in total. The number of amides is 1. The molecule has 19 heavy (non-hydrogen) atoms. The highest BCUT2D eigenvalue weighted by molar-refractivity contribution is 9.10. The third-order valence-electron chi connectivity index (χ3n) is 2.65. The lowest BCUT2D eigenvalue weighted by atomic mass is 10.0. The van der Waals surface area contributed by atoms with Crippen molar-refractivity contribution in [2.24, 2.45) is 5.92 Å². The van der Waals surface area contributed by atoms with Gasteiger partial charge in [-0.1, -0.05) is 13.8 Å². The first-order chi connectivity index (χ1) is 8.93. The van der Waals surface area contributed by atoms with Crippen molar-refractivity contribution in [1.29, 1.82) is 0 Å². The Morgan fingerprint density at radius 1 is 1.42 bits per heavy atom. The first-order valence-electron chi connectivity index (χ1n) is 6.64. The van der Waals surface area contributed by atoms with E-state index in [-0.39, 0.29) is 11.9 Å². The molecule has 1 atom stereocenters. The molecule has 1 rings (SSSR count). The van der Waals surface area contributed by atoms with Gasteiger partial charge in [-0.3, -0.25) is 4.79 Å². The summed E-state index contributed by atoms with van der Waals surface area (Å²) in [5, 5.41) is 6.12. The predicted octanol–water partition coefficient (Wildman–Crippen LogP) is 3.44. The Kier molecular flexibility index (Phi) is 6.28. The highest BCUT2D eigenvalue weighted by atomic mass is 79.9. The second-order valence-corrected chi connectivity index (χ2v) is 6.00. The Hall–Kier alpha value is -1.10. The second kappa shape index (κ2) is 7.48. The minimum Gasteiger partial charge on any atom is -0.370 e. The molecule has 106 valence electrons. The zero-order chi connectivity index (χ0) is 14.4. The van der Waals surface area contributed by atoms with Gasteiger partial charge >= 0.3 is 0 Å². The number of halogens is 1. The molecule has 1 heterocycles. The van der Waals surface area contributed by atoms with Gasteiger partial charge in [-0.25, -0.2) is 4.98 Å². The van der Waals surface area contributed by atoms with Gasteiger partial charge in [0.05, 0.1) is 5.56 Å². The van der Waals surface area contributed by atoms with Gasteiger partial charge in [-0.05, 0) is 48.2 Å². The SMILES string of the molecule is CCNc1ncc(Br)cc1C(=O)NC(C)CC(C)C. The van der Waals surface area contributed by atoms with Gasteiger partial charge in [0, 0.05) is 23.3 Å². The summed E-state index contributed by atoms with van der Waals surface area (Å²) < 4.78 is 0.802. The third-order valence-corrected chi connectivity index (χ3v) is 3.08. The quantitative estimate of drug-likeness (QED) is 0.841. The highest BCUT2D eigenvalue weighted by Crippen LogP contribution is 2.18. The second-order valence-electron chi connectivity index (χ2n) is 5.08. The van der Waals surface area contributed by atoms with E-state index in [1.54, 1.807) is 12.3 Å². The van der Waals surface area contributed by atoms with Crippen LogP contribution in [0.25, 0.3) is 0 Å². The first kappa shape index (κ1) is 16.0. The fourth-order valence-electron chi connectivity index (χ4n) is 1.99. The standard InChI is InChI=1S/C14H22BrN3O/c1-5-16-13-12(7-11(15)8-17-13)14(19)18-10(4)6-9(2)3/h7-10H,5-6H2,1-4H3,(H,16,17)(H,18,19). The van der Waals surface area contributed by atoms with E-state index in [2.05, 4.69) is 45.4 Å². The summed E-state index contributed by atoms with van der Waals surface area (Å²) in [4.78, 5) is 16.5. The number of nitrogens with one attached hydrogen (secondary N) is 2. The largest absolute Gasteiger partial charge is 0.370 e. The molecule has 0 saturated heterocycles. The van der Waals surface area contributed by atoms with Crippen LogP contribution < -0.4 is 10.6 Å². The molecule has 0 radical (unpaired) electrons. The lowest BCUT2D eigenvalue weighted by Gasteiger charge is -2.17. The van der Waals surface area contributed by atoms with Gasteiger partial charge in [-0.2, -0.15) is 0 Å². The maximum Gasteiger partial charge on any atom is 0.255 e. The van der Waals surface area contributed by atoms with Crippen LogP contribution in [0.3, 0.4) is 0 Å². The molecule has 0 spiro atoms. The molecule has 0 bridgehead atoms. The van der Waals surface area contributed by atoms with Crippen LogP contribution in [0.15, 0.2) is 16.7 Å². The number of rotatable bonds is 6.